The van der Waals surface area contributed by atoms with Gasteiger partial charge in [0, 0.05) is 12.2 Å². The average Bonchev–Trinajstić information content (AvgIpc) is 2.38. The van der Waals surface area contributed by atoms with Crippen molar-refractivity contribution in [1.29, 1.82) is 0 Å². The summed E-state index contributed by atoms with van der Waals surface area (Å²) in [7, 11) is 0. The Labute approximate surface area is 108 Å². The Hall–Kier alpha value is -1.71. The van der Waals surface area contributed by atoms with Gasteiger partial charge in [-0.15, -0.1) is 0 Å². The first-order valence-electron chi connectivity index (χ1n) is 6.48. The highest BCUT2D eigenvalue weighted by atomic mass is 16.5. The van der Waals surface area contributed by atoms with Crippen molar-refractivity contribution in [3.8, 4) is 5.75 Å². The van der Waals surface area contributed by atoms with E-state index in [1.807, 2.05) is 17.0 Å². The summed E-state index contributed by atoms with van der Waals surface area (Å²) in [6.45, 7) is 5.17. The second kappa shape index (κ2) is 5.29. The van der Waals surface area contributed by atoms with Crippen LogP contribution in [-0.2, 0) is 4.79 Å². The summed E-state index contributed by atoms with van der Waals surface area (Å²) >= 11 is 0. The average molecular weight is 248 g/mol. The van der Waals surface area contributed by atoms with Gasteiger partial charge in [-0.2, -0.15) is 0 Å². The Bertz CT molecular complexity index is 441. The first-order valence-corrected chi connectivity index (χ1v) is 6.48. The van der Waals surface area contributed by atoms with Crippen molar-refractivity contribution in [2.24, 2.45) is 5.92 Å². The summed E-state index contributed by atoms with van der Waals surface area (Å²) in [6.07, 6.45) is 2.14. The Kier molecular flexibility index (Phi) is 3.75. The zero-order valence-electron chi connectivity index (χ0n) is 11.0. The smallest absolute Gasteiger partial charge is 0.265 e. The Morgan fingerprint density at radius 1 is 1.39 bits per heavy atom. The van der Waals surface area contributed by atoms with Gasteiger partial charge < -0.3 is 15.4 Å². The first-order chi connectivity index (χ1) is 8.65. The molecule has 1 heterocycles. The van der Waals surface area contributed by atoms with Crippen LogP contribution < -0.4 is 15.4 Å². The van der Waals surface area contributed by atoms with Crippen LogP contribution in [0.25, 0.3) is 0 Å². The summed E-state index contributed by atoms with van der Waals surface area (Å²) < 4.78 is 5.42. The number of fused-ring (bicyclic) bond motifs is 1. The number of hydrogen-bond acceptors (Lipinski definition) is 3. The van der Waals surface area contributed by atoms with E-state index in [0.717, 1.165) is 30.8 Å². The first kappa shape index (κ1) is 12.7. The fourth-order valence-corrected chi connectivity index (χ4v) is 2.22. The number of ether oxygens (including phenoxy) is 1. The van der Waals surface area contributed by atoms with Gasteiger partial charge >= 0.3 is 0 Å². The summed E-state index contributed by atoms with van der Waals surface area (Å²) in [5.74, 6) is 1.27. The van der Waals surface area contributed by atoms with Gasteiger partial charge in [-0.1, -0.05) is 26.7 Å². The van der Waals surface area contributed by atoms with Crippen LogP contribution in [0.3, 0.4) is 0 Å². The molecule has 0 saturated heterocycles. The molecule has 0 spiro atoms. The summed E-state index contributed by atoms with van der Waals surface area (Å²) in [5, 5.41) is 0. The molecule has 1 aliphatic rings. The van der Waals surface area contributed by atoms with Crippen LogP contribution in [-0.4, -0.2) is 19.1 Å². The minimum atomic E-state index is 0.0139. The quantitative estimate of drug-likeness (QED) is 0.833. The molecule has 0 radical (unpaired) electrons. The number of hydrogen-bond donors (Lipinski definition) is 1. The van der Waals surface area contributed by atoms with E-state index in [9.17, 15) is 4.79 Å². The predicted molar refractivity (Wildman–Crippen MR) is 72.8 cm³/mol. The third kappa shape index (κ3) is 2.42. The maximum Gasteiger partial charge on any atom is 0.265 e. The van der Waals surface area contributed by atoms with Gasteiger partial charge in [0.15, 0.2) is 6.61 Å². The molecular weight excluding hydrogens is 228 g/mol. The largest absolute Gasteiger partial charge is 0.482 e. The van der Waals surface area contributed by atoms with E-state index in [0.29, 0.717) is 11.6 Å². The van der Waals surface area contributed by atoms with E-state index in [-0.39, 0.29) is 12.5 Å². The summed E-state index contributed by atoms with van der Waals surface area (Å²) in [4.78, 5) is 13.8. The van der Waals surface area contributed by atoms with Crippen molar-refractivity contribution in [2.45, 2.75) is 26.7 Å². The molecule has 0 atom stereocenters. The number of nitrogens with zero attached hydrogens (tertiary/aromatic N) is 1. The number of rotatable bonds is 4. The van der Waals surface area contributed by atoms with Crippen LogP contribution in [0.5, 0.6) is 5.75 Å². The Balaban J connectivity index is 2.29. The second-order valence-corrected chi connectivity index (χ2v) is 4.70. The molecule has 4 nitrogen and oxygen atoms in total. The minimum absolute atomic E-state index is 0.0139. The number of carbonyl (C=O) groups excluding carboxylic acids is 1. The number of nitrogen functional groups attached to an aromatic ring is 1. The lowest BCUT2D eigenvalue weighted by Gasteiger charge is -2.32. The van der Waals surface area contributed by atoms with E-state index in [4.69, 9.17) is 10.5 Å². The fourth-order valence-electron chi connectivity index (χ4n) is 2.22. The third-order valence-electron chi connectivity index (χ3n) is 3.52. The molecule has 18 heavy (non-hydrogen) atoms. The molecule has 1 aliphatic heterocycles. The predicted octanol–water partition coefficient (Wildman–Crippen LogP) is 2.43. The van der Waals surface area contributed by atoms with E-state index in [1.165, 1.54) is 0 Å². The molecule has 1 amide bonds. The normalized spacial score (nSPS) is 14.6. The molecule has 1 aromatic rings. The Morgan fingerprint density at radius 2 is 2.11 bits per heavy atom. The highest BCUT2D eigenvalue weighted by Crippen LogP contribution is 2.34. The molecular formula is C14H20N2O2. The topological polar surface area (TPSA) is 55.6 Å². The molecule has 2 rings (SSSR count). The SMILES string of the molecule is CCC(CC)CN1C(=O)COc2ccc(N)cc21. The van der Waals surface area contributed by atoms with Gasteiger partial charge in [0.1, 0.15) is 5.75 Å². The number of benzene rings is 1. The molecule has 0 saturated carbocycles. The number of carbonyl (C=O) groups is 1. The van der Waals surface area contributed by atoms with Crippen LogP contribution in [0.2, 0.25) is 0 Å². The molecule has 1 aromatic carbocycles. The molecule has 2 N–H and O–H groups in total. The molecule has 98 valence electrons. The zero-order valence-corrected chi connectivity index (χ0v) is 11.0. The lowest BCUT2D eigenvalue weighted by Crippen LogP contribution is -2.41. The van der Waals surface area contributed by atoms with Gasteiger partial charge in [0.25, 0.3) is 5.91 Å². The van der Waals surface area contributed by atoms with E-state index in [2.05, 4.69) is 13.8 Å². The molecule has 0 unspecified atom stereocenters. The zero-order chi connectivity index (χ0) is 13.1. The van der Waals surface area contributed by atoms with E-state index < -0.39 is 0 Å². The fraction of sp³-hybridized carbons (Fsp3) is 0.500. The van der Waals surface area contributed by atoms with Gasteiger partial charge in [0.2, 0.25) is 0 Å². The number of nitrogens with two attached hydrogens (primary N) is 1. The van der Waals surface area contributed by atoms with Crippen molar-refractivity contribution in [2.75, 3.05) is 23.8 Å². The van der Waals surface area contributed by atoms with Crippen LogP contribution >= 0.6 is 0 Å². The van der Waals surface area contributed by atoms with Crippen molar-refractivity contribution in [3.05, 3.63) is 18.2 Å². The van der Waals surface area contributed by atoms with Crippen LogP contribution in [0, 0.1) is 5.92 Å². The standard InChI is InChI=1S/C14H20N2O2/c1-3-10(4-2)8-16-12-7-11(15)5-6-13(12)18-9-14(16)17/h5-7,10H,3-4,8-9,15H2,1-2H3. The monoisotopic (exact) mass is 248 g/mol. The van der Waals surface area contributed by atoms with Gasteiger partial charge in [-0.05, 0) is 24.1 Å². The van der Waals surface area contributed by atoms with Crippen LogP contribution in [0.4, 0.5) is 11.4 Å². The molecule has 0 fully saturated rings. The van der Waals surface area contributed by atoms with Gasteiger partial charge in [-0.25, -0.2) is 0 Å². The summed E-state index contributed by atoms with van der Waals surface area (Å²) in [5.41, 5.74) is 7.25. The van der Waals surface area contributed by atoms with Gasteiger partial charge in [-0.3, -0.25) is 4.79 Å². The molecule has 0 bridgehead atoms. The lowest BCUT2D eigenvalue weighted by atomic mass is 10.0. The number of anilines is 2. The van der Waals surface area contributed by atoms with E-state index >= 15 is 0 Å². The third-order valence-corrected chi connectivity index (χ3v) is 3.52. The van der Waals surface area contributed by atoms with Crippen LogP contribution in [0.15, 0.2) is 18.2 Å². The Morgan fingerprint density at radius 3 is 2.78 bits per heavy atom. The minimum Gasteiger partial charge on any atom is -0.482 e. The molecule has 0 aromatic heterocycles. The lowest BCUT2D eigenvalue weighted by molar-refractivity contribution is -0.121. The second-order valence-electron chi connectivity index (χ2n) is 4.70. The number of amides is 1. The van der Waals surface area contributed by atoms with E-state index in [1.54, 1.807) is 6.07 Å². The summed E-state index contributed by atoms with van der Waals surface area (Å²) in [6, 6.07) is 5.44. The van der Waals surface area contributed by atoms with Gasteiger partial charge in [0.05, 0.1) is 5.69 Å². The maximum atomic E-state index is 12.0. The van der Waals surface area contributed by atoms with Crippen molar-refractivity contribution < 1.29 is 9.53 Å². The molecule has 0 aliphatic carbocycles. The molecule has 4 heteroatoms. The highest BCUT2D eigenvalue weighted by molar-refractivity contribution is 5.98. The van der Waals surface area contributed by atoms with Crippen molar-refractivity contribution in [3.63, 3.8) is 0 Å². The highest BCUT2D eigenvalue weighted by Gasteiger charge is 2.27. The van der Waals surface area contributed by atoms with Crippen LogP contribution in [0.1, 0.15) is 26.7 Å². The van der Waals surface area contributed by atoms with Crippen molar-refractivity contribution >= 4 is 17.3 Å². The van der Waals surface area contributed by atoms with Crippen molar-refractivity contribution in [1.82, 2.24) is 0 Å². The maximum absolute atomic E-state index is 12.0.